The fraction of sp³-hybridized carbons (Fsp3) is 0.861. The van der Waals surface area contributed by atoms with Gasteiger partial charge in [-0.2, -0.15) is 0 Å². The number of unbranched alkanes of at least 4 members (excludes halogenated alkanes) is 18. The van der Waals surface area contributed by atoms with Gasteiger partial charge >= 0.3 is 5.97 Å². The van der Waals surface area contributed by atoms with E-state index in [9.17, 15) is 4.79 Å². The van der Waals surface area contributed by atoms with E-state index in [0.717, 1.165) is 25.9 Å². The Labute approximate surface area is 262 Å². The zero-order valence-corrected chi connectivity index (χ0v) is 29.4. The Morgan fingerprint density at radius 1 is 0.600 bits per heavy atom. The van der Waals surface area contributed by atoms with Gasteiger partial charge in [0, 0.05) is 0 Å². The van der Waals surface area contributed by atoms with Gasteiger partial charge in [-0.1, -0.05) is 147 Å². The van der Waals surface area contributed by atoms with Gasteiger partial charge < -0.3 is 4.74 Å². The van der Waals surface area contributed by atoms with Crippen LogP contribution in [0.5, 0.6) is 0 Å². The molecule has 3 nitrogen and oxygen atoms in total. The third kappa shape index (κ3) is 31.9. The summed E-state index contributed by atoms with van der Waals surface area (Å²) < 4.78 is 5.60. The molecule has 238 valence electrons. The molecule has 40 heavy (non-hydrogen) atoms. The van der Waals surface area contributed by atoms with Crippen LogP contribution in [-0.4, -0.2) is 37.1 Å². The largest absolute Gasteiger partial charge is 0.460 e. The van der Waals surface area contributed by atoms with E-state index < -0.39 is 0 Å². The van der Waals surface area contributed by atoms with Crippen molar-refractivity contribution in [2.24, 2.45) is 0 Å². The molecule has 0 unspecified atom stereocenters. The first kappa shape index (κ1) is 41.5. The predicted octanol–water partition coefficient (Wildman–Crippen LogP) is 11.9. The van der Waals surface area contributed by atoms with E-state index in [1.807, 2.05) is 0 Å². The summed E-state index contributed by atoms with van der Waals surface area (Å²) in [6.07, 6.45) is 33.5. The summed E-state index contributed by atoms with van der Waals surface area (Å²) in [4.78, 5) is 15.0. The molecule has 0 heterocycles. The van der Waals surface area contributed by atoms with Crippen molar-refractivity contribution in [2.45, 2.75) is 176 Å². The smallest absolute Gasteiger partial charge is 0.320 e. The minimum absolute atomic E-state index is 0. The second-order valence-electron chi connectivity index (χ2n) is 12.2. The SMILES string of the molecule is Br.CCCCCCCCCCCCN(CCCCCCCCCCCC)CC(=O)OCC=C(C)CCC=C(C)C. The molecule has 0 N–H and O–H groups in total. The van der Waals surface area contributed by atoms with Gasteiger partial charge in [0.1, 0.15) is 6.61 Å². The fourth-order valence-electron chi connectivity index (χ4n) is 5.11. The molecule has 0 aliphatic heterocycles. The molecule has 0 aromatic heterocycles. The summed E-state index contributed by atoms with van der Waals surface area (Å²) in [5, 5.41) is 0. The molecule has 0 fully saturated rings. The average molecular weight is 629 g/mol. The lowest BCUT2D eigenvalue weighted by Crippen LogP contribution is -2.33. The van der Waals surface area contributed by atoms with Gasteiger partial charge in [-0.15, -0.1) is 17.0 Å². The van der Waals surface area contributed by atoms with Gasteiger partial charge in [0.05, 0.1) is 6.54 Å². The number of carbonyl (C=O) groups excluding carboxylic acids is 1. The van der Waals surface area contributed by atoms with Crippen molar-refractivity contribution in [2.75, 3.05) is 26.2 Å². The predicted molar refractivity (Wildman–Crippen MR) is 184 cm³/mol. The highest BCUT2D eigenvalue weighted by Crippen LogP contribution is 2.13. The maximum absolute atomic E-state index is 12.6. The number of ether oxygens (including phenoxy) is 1. The van der Waals surface area contributed by atoms with Gasteiger partial charge in [-0.3, -0.25) is 9.69 Å². The van der Waals surface area contributed by atoms with Crippen molar-refractivity contribution in [1.29, 1.82) is 0 Å². The summed E-state index contributed by atoms with van der Waals surface area (Å²) in [6.45, 7) is 13.9. The fourth-order valence-corrected chi connectivity index (χ4v) is 5.11. The van der Waals surface area contributed by atoms with Crippen LogP contribution in [0.3, 0.4) is 0 Å². The van der Waals surface area contributed by atoms with E-state index in [1.54, 1.807) is 0 Å². The molecule has 0 aromatic rings. The average Bonchev–Trinajstić information content (AvgIpc) is 2.90. The molecule has 0 aromatic carbocycles. The third-order valence-electron chi connectivity index (χ3n) is 7.78. The Balaban J connectivity index is 0. The molecule has 0 aliphatic rings. The zero-order valence-electron chi connectivity index (χ0n) is 27.7. The minimum Gasteiger partial charge on any atom is -0.460 e. The Hall–Kier alpha value is -0.610. The standard InChI is InChI=1S/C36H69NO2.BrH/c1-6-8-10-12-14-16-18-20-22-24-30-37(31-25-23-21-19-17-15-13-11-9-7-2)33-36(38)39-32-29-35(5)28-26-27-34(3)4;/h27,29H,6-26,28,30-33H2,1-5H3;1H. The van der Waals surface area contributed by atoms with Crippen molar-refractivity contribution in [3.05, 3.63) is 23.3 Å². The molecular formula is C36H70BrNO2. The van der Waals surface area contributed by atoms with Crippen LogP contribution in [0.15, 0.2) is 23.3 Å². The van der Waals surface area contributed by atoms with Crippen LogP contribution in [0.1, 0.15) is 176 Å². The number of carbonyl (C=O) groups is 1. The molecule has 0 radical (unpaired) electrons. The van der Waals surface area contributed by atoms with E-state index in [2.05, 4.69) is 51.7 Å². The number of allylic oxidation sites excluding steroid dienone is 3. The number of hydrogen-bond acceptors (Lipinski definition) is 3. The van der Waals surface area contributed by atoms with Crippen molar-refractivity contribution >= 4 is 23.0 Å². The van der Waals surface area contributed by atoms with Crippen molar-refractivity contribution in [3.63, 3.8) is 0 Å². The third-order valence-corrected chi connectivity index (χ3v) is 7.78. The molecule has 0 atom stereocenters. The molecule has 4 heteroatoms. The molecule has 0 spiro atoms. The number of esters is 1. The van der Waals surface area contributed by atoms with E-state index in [0.29, 0.717) is 13.2 Å². The molecule has 0 rings (SSSR count). The van der Waals surface area contributed by atoms with Crippen LogP contribution in [-0.2, 0) is 9.53 Å². The number of hydrogen-bond donors (Lipinski definition) is 0. The van der Waals surface area contributed by atoms with Crippen molar-refractivity contribution in [1.82, 2.24) is 4.90 Å². The van der Waals surface area contributed by atoms with Crippen LogP contribution in [0, 0.1) is 0 Å². The number of rotatable bonds is 29. The first-order chi connectivity index (χ1) is 19.0. The first-order valence-corrected chi connectivity index (χ1v) is 17.2. The lowest BCUT2D eigenvalue weighted by Gasteiger charge is -2.21. The number of nitrogens with zero attached hydrogens (tertiary/aromatic N) is 1. The minimum atomic E-state index is -0.0671. The Bertz CT molecular complexity index is 574. The summed E-state index contributed by atoms with van der Waals surface area (Å²) in [7, 11) is 0. The van der Waals surface area contributed by atoms with Gasteiger partial charge in [-0.05, 0) is 65.6 Å². The van der Waals surface area contributed by atoms with Crippen LogP contribution in [0.4, 0.5) is 0 Å². The van der Waals surface area contributed by atoms with Crippen LogP contribution in [0.2, 0.25) is 0 Å². The Morgan fingerprint density at radius 3 is 1.40 bits per heavy atom. The summed E-state index contributed by atoms with van der Waals surface area (Å²) in [5.41, 5.74) is 2.66. The Morgan fingerprint density at radius 2 is 1.00 bits per heavy atom. The quantitative estimate of drug-likeness (QED) is 0.0469. The van der Waals surface area contributed by atoms with E-state index in [4.69, 9.17) is 4.74 Å². The monoisotopic (exact) mass is 627 g/mol. The molecule has 0 aliphatic carbocycles. The zero-order chi connectivity index (χ0) is 28.8. The van der Waals surface area contributed by atoms with Crippen LogP contribution >= 0.6 is 17.0 Å². The molecule has 0 saturated carbocycles. The molecule has 0 bridgehead atoms. The number of halogens is 1. The second kappa shape index (κ2) is 32.9. The van der Waals surface area contributed by atoms with Gasteiger partial charge in [0.25, 0.3) is 0 Å². The van der Waals surface area contributed by atoms with E-state index in [1.165, 1.54) is 140 Å². The van der Waals surface area contributed by atoms with Crippen LogP contribution < -0.4 is 0 Å². The molecule has 0 amide bonds. The topological polar surface area (TPSA) is 29.5 Å². The summed E-state index contributed by atoms with van der Waals surface area (Å²) >= 11 is 0. The van der Waals surface area contributed by atoms with Gasteiger partial charge in [0.15, 0.2) is 0 Å². The summed E-state index contributed by atoms with van der Waals surface area (Å²) in [6, 6.07) is 0. The Kier molecular flexibility index (Phi) is 34.2. The van der Waals surface area contributed by atoms with Crippen LogP contribution in [0.25, 0.3) is 0 Å². The lowest BCUT2D eigenvalue weighted by molar-refractivity contribution is -0.143. The highest BCUT2D eigenvalue weighted by atomic mass is 79.9. The molecule has 0 saturated heterocycles. The lowest BCUT2D eigenvalue weighted by atomic mass is 10.1. The highest BCUT2D eigenvalue weighted by Gasteiger charge is 2.11. The second-order valence-corrected chi connectivity index (χ2v) is 12.2. The van der Waals surface area contributed by atoms with Gasteiger partial charge in [0.2, 0.25) is 0 Å². The van der Waals surface area contributed by atoms with E-state index >= 15 is 0 Å². The van der Waals surface area contributed by atoms with Crippen molar-refractivity contribution in [3.8, 4) is 0 Å². The molecular weight excluding hydrogens is 558 g/mol. The maximum Gasteiger partial charge on any atom is 0.320 e. The normalized spacial score (nSPS) is 11.5. The van der Waals surface area contributed by atoms with Crippen molar-refractivity contribution < 1.29 is 9.53 Å². The van der Waals surface area contributed by atoms with E-state index in [-0.39, 0.29) is 23.0 Å². The highest BCUT2D eigenvalue weighted by molar-refractivity contribution is 8.93. The first-order valence-electron chi connectivity index (χ1n) is 17.2. The summed E-state index contributed by atoms with van der Waals surface area (Å²) in [5.74, 6) is -0.0671. The van der Waals surface area contributed by atoms with Gasteiger partial charge in [-0.25, -0.2) is 0 Å². The maximum atomic E-state index is 12.6.